The molecule has 0 aliphatic heterocycles. The van der Waals surface area contributed by atoms with Gasteiger partial charge in [-0.2, -0.15) is 0 Å². The van der Waals surface area contributed by atoms with Crippen molar-refractivity contribution in [3.8, 4) is 11.3 Å². The molecular weight excluding hydrogens is 236 g/mol. The van der Waals surface area contributed by atoms with Gasteiger partial charge < -0.3 is 14.6 Å². The third-order valence-electron chi connectivity index (χ3n) is 2.70. The number of rotatable bonds is 3. The number of furan rings is 1. The summed E-state index contributed by atoms with van der Waals surface area (Å²) >= 11 is 0. The first-order valence-corrected chi connectivity index (χ1v) is 5.16. The van der Waals surface area contributed by atoms with Gasteiger partial charge in [0.15, 0.2) is 0 Å². The molecule has 2 aromatic rings. The summed E-state index contributed by atoms with van der Waals surface area (Å²) in [5, 5.41) is 18.2. The van der Waals surface area contributed by atoms with Gasteiger partial charge in [-0.25, -0.2) is 9.59 Å². The largest absolute Gasteiger partial charge is 0.478 e. The fraction of sp³-hybridized carbons (Fsp3) is 0.0769. The van der Waals surface area contributed by atoms with Crippen LogP contribution < -0.4 is 0 Å². The normalized spacial score (nSPS) is 10.3. The summed E-state index contributed by atoms with van der Waals surface area (Å²) in [6.45, 7) is 1.47. The number of hydrogen-bond donors (Lipinski definition) is 2. The Hall–Kier alpha value is -2.56. The minimum absolute atomic E-state index is 0.0253. The van der Waals surface area contributed by atoms with Crippen molar-refractivity contribution in [2.75, 3.05) is 0 Å². The summed E-state index contributed by atoms with van der Waals surface area (Å²) in [6, 6.07) is 6.09. The molecule has 0 unspecified atom stereocenters. The number of carboxylic acids is 2. The van der Waals surface area contributed by atoms with E-state index in [0.29, 0.717) is 11.3 Å². The van der Waals surface area contributed by atoms with E-state index in [1.165, 1.54) is 25.3 Å². The third kappa shape index (κ3) is 1.86. The van der Waals surface area contributed by atoms with E-state index in [0.717, 1.165) is 0 Å². The Morgan fingerprint density at radius 3 is 2.33 bits per heavy atom. The lowest BCUT2D eigenvalue weighted by molar-refractivity contribution is 0.0696. The van der Waals surface area contributed by atoms with Crippen molar-refractivity contribution in [3.63, 3.8) is 0 Å². The average Bonchev–Trinajstić information content (AvgIpc) is 2.80. The first kappa shape index (κ1) is 11.9. The van der Waals surface area contributed by atoms with E-state index in [1.807, 2.05) is 0 Å². The summed E-state index contributed by atoms with van der Waals surface area (Å²) < 4.78 is 5.15. The van der Waals surface area contributed by atoms with Gasteiger partial charge in [-0.1, -0.05) is 0 Å². The van der Waals surface area contributed by atoms with Crippen LogP contribution in [-0.4, -0.2) is 22.2 Å². The topological polar surface area (TPSA) is 87.7 Å². The van der Waals surface area contributed by atoms with Gasteiger partial charge in [0.1, 0.15) is 5.76 Å². The zero-order chi connectivity index (χ0) is 13.3. The smallest absolute Gasteiger partial charge is 0.336 e. The highest BCUT2D eigenvalue weighted by Crippen LogP contribution is 2.28. The van der Waals surface area contributed by atoms with Crippen molar-refractivity contribution in [1.29, 1.82) is 0 Å². The van der Waals surface area contributed by atoms with Crippen LogP contribution in [0.4, 0.5) is 0 Å². The van der Waals surface area contributed by atoms with Crippen LogP contribution in [0.1, 0.15) is 26.3 Å². The molecule has 0 atom stereocenters. The van der Waals surface area contributed by atoms with Crippen LogP contribution in [0, 0.1) is 6.92 Å². The zero-order valence-corrected chi connectivity index (χ0v) is 9.51. The van der Waals surface area contributed by atoms with Crippen LogP contribution in [0.3, 0.4) is 0 Å². The fourth-order valence-corrected chi connectivity index (χ4v) is 1.86. The van der Waals surface area contributed by atoms with Gasteiger partial charge in [-0.05, 0) is 36.8 Å². The molecular formula is C13H10O5. The molecule has 1 heterocycles. The van der Waals surface area contributed by atoms with Gasteiger partial charge in [0.2, 0.25) is 0 Å². The fourth-order valence-electron chi connectivity index (χ4n) is 1.86. The average molecular weight is 246 g/mol. The van der Waals surface area contributed by atoms with Crippen LogP contribution in [0.15, 0.2) is 34.9 Å². The van der Waals surface area contributed by atoms with E-state index in [9.17, 15) is 14.7 Å². The predicted octanol–water partition coefficient (Wildman–Crippen LogP) is 2.65. The zero-order valence-electron chi connectivity index (χ0n) is 9.51. The molecule has 0 saturated carbocycles. The van der Waals surface area contributed by atoms with E-state index < -0.39 is 11.9 Å². The molecule has 0 radical (unpaired) electrons. The monoisotopic (exact) mass is 246 g/mol. The van der Waals surface area contributed by atoms with Gasteiger partial charge in [0, 0.05) is 5.56 Å². The maximum absolute atomic E-state index is 11.3. The molecule has 2 N–H and O–H groups in total. The van der Waals surface area contributed by atoms with E-state index in [4.69, 9.17) is 9.52 Å². The van der Waals surface area contributed by atoms with Gasteiger partial charge in [-0.15, -0.1) is 0 Å². The highest BCUT2D eigenvalue weighted by Gasteiger charge is 2.21. The molecule has 0 bridgehead atoms. The molecule has 18 heavy (non-hydrogen) atoms. The standard InChI is InChI=1S/C13H10O5/c1-7-8(12(14)15)4-5-9(11(7)13(16)17)10-3-2-6-18-10/h2-6H,1H3,(H,14,15)(H,16,17). The van der Waals surface area contributed by atoms with E-state index in [1.54, 1.807) is 12.1 Å². The molecule has 0 aliphatic carbocycles. The number of aromatic carboxylic acids is 2. The number of benzene rings is 1. The molecule has 0 fully saturated rings. The lowest BCUT2D eigenvalue weighted by atomic mass is 9.95. The first-order chi connectivity index (χ1) is 8.52. The third-order valence-corrected chi connectivity index (χ3v) is 2.70. The van der Waals surface area contributed by atoms with Crippen molar-refractivity contribution < 1.29 is 24.2 Å². The molecule has 2 rings (SSSR count). The lowest BCUT2D eigenvalue weighted by Crippen LogP contribution is -2.08. The number of carboxylic acid groups (broad SMARTS) is 2. The second kappa shape index (κ2) is 4.37. The first-order valence-electron chi connectivity index (χ1n) is 5.16. The summed E-state index contributed by atoms with van der Waals surface area (Å²) in [7, 11) is 0. The second-order valence-electron chi connectivity index (χ2n) is 3.75. The van der Waals surface area contributed by atoms with Crippen molar-refractivity contribution in [2.45, 2.75) is 6.92 Å². The molecule has 92 valence electrons. The van der Waals surface area contributed by atoms with Crippen molar-refractivity contribution in [3.05, 3.63) is 47.2 Å². The Labute approximate surface area is 102 Å². The summed E-state index contributed by atoms with van der Waals surface area (Å²) in [6.07, 6.45) is 1.43. The highest BCUT2D eigenvalue weighted by molar-refractivity contribution is 6.01. The molecule has 5 heteroatoms. The Morgan fingerprint density at radius 2 is 1.83 bits per heavy atom. The van der Waals surface area contributed by atoms with Crippen LogP contribution in [0.2, 0.25) is 0 Å². The van der Waals surface area contributed by atoms with E-state index in [2.05, 4.69) is 0 Å². The Morgan fingerprint density at radius 1 is 1.11 bits per heavy atom. The maximum atomic E-state index is 11.3. The van der Waals surface area contributed by atoms with Crippen LogP contribution in [-0.2, 0) is 0 Å². The highest BCUT2D eigenvalue weighted by atomic mass is 16.4. The molecule has 0 spiro atoms. The molecule has 1 aromatic heterocycles. The van der Waals surface area contributed by atoms with Gasteiger partial charge in [0.05, 0.1) is 17.4 Å². The SMILES string of the molecule is Cc1c(C(=O)O)ccc(-c2ccco2)c1C(=O)O. The Kier molecular flexibility index (Phi) is 2.89. The van der Waals surface area contributed by atoms with Gasteiger partial charge in [-0.3, -0.25) is 0 Å². The van der Waals surface area contributed by atoms with Gasteiger partial charge in [0.25, 0.3) is 0 Å². The van der Waals surface area contributed by atoms with Crippen LogP contribution in [0.5, 0.6) is 0 Å². The lowest BCUT2D eigenvalue weighted by Gasteiger charge is -2.09. The molecule has 0 saturated heterocycles. The predicted molar refractivity (Wildman–Crippen MR) is 62.8 cm³/mol. The summed E-state index contributed by atoms with van der Waals surface area (Å²) in [5.41, 5.74) is 0.506. The van der Waals surface area contributed by atoms with Crippen LogP contribution >= 0.6 is 0 Å². The molecule has 5 nitrogen and oxygen atoms in total. The second-order valence-corrected chi connectivity index (χ2v) is 3.75. The van der Waals surface area contributed by atoms with E-state index in [-0.39, 0.29) is 16.7 Å². The van der Waals surface area contributed by atoms with Crippen molar-refractivity contribution >= 4 is 11.9 Å². The van der Waals surface area contributed by atoms with Crippen LogP contribution in [0.25, 0.3) is 11.3 Å². The Bertz CT molecular complexity index is 611. The van der Waals surface area contributed by atoms with E-state index >= 15 is 0 Å². The van der Waals surface area contributed by atoms with Gasteiger partial charge >= 0.3 is 11.9 Å². The molecule has 1 aromatic carbocycles. The quantitative estimate of drug-likeness (QED) is 0.869. The summed E-state index contributed by atoms with van der Waals surface area (Å²) in [5.74, 6) is -1.93. The van der Waals surface area contributed by atoms with Crippen molar-refractivity contribution in [1.82, 2.24) is 0 Å². The molecule has 0 amide bonds. The minimum atomic E-state index is -1.18. The number of hydrogen-bond acceptors (Lipinski definition) is 3. The maximum Gasteiger partial charge on any atom is 0.336 e. The number of carbonyl (C=O) groups is 2. The Balaban J connectivity index is 2.73. The minimum Gasteiger partial charge on any atom is -0.478 e. The van der Waals surface area contributed by atoms with Crippen molar-refractivity contribution in [2.24, 2.45) is 0 Å². The summed E-state index contributed by atoms with van der Waals surface area (Å²) in [4.78, 5) is 22.3. The molecule has 0 aliphatic rings.